The van der Waals surface area contributed by atoms with Gasteiger partial charge in [-0.1, -0.05) is 11.6 Å². The number of halogens is 2. The van der Waals surface area contributed by atoms with Crippen LogP contribution in [0, 0.1) is 5.82 Å². The average molecular weight is 320 g/mol. The van der Waals surface area contributed by atoms with Crippen LogP contribution in [0.15, 0.2) is 23.4 Å². The standard InChI is InChI=1S/C10H11ClFN5O2S/c1-5(10-14-4-15-16-10)17-20(18,19)9-3-8(13)7(12)2-6(9)11/h2-5,17H,13H2,1H3,(H,14,15,16). The van der Waals surface area contributed by atoms with Crippen molar-refractivity contribution in [3.05, 3.63) is 35.1 Å². The van der Waals surface area contributed by atoms with Gasteiger partial charge in [-0.15, -0.1) is 0 Å². The molecule has 1 aromatic carbocycles. The van der Waals surface area contributed by atoms with E-state index in [0.717, 1.165) is 12.1 Å². The van der Waals surface area contributed by atoms with E-state index in [1.165, 1.54) is 6.33 Å². The Morgan fingerprint density at radius 2 is 2.20 bits per heavy atom. The molecule has 4 N–H and O–H groups in total. The molecular formula is C10H11ClFN5O2S. The Morgan fingerprint density at radius 3 is 2.80 bits per heavy atom. The van der Waals surface area contributed by atoms with Crippen LogP contribution in [-0.2, 0) is 10.0 Å². The van der Waals surface area contributed by atoms with E-state index in [-0.39, 0.29) is 15.6 Å². The molecule has 1 unspecified atom stereocenters. The Hall–Kier alpha value is -1.71. The van der Waals surface area contributed by atoms with Crippen molar-refractivity contribution < 1.29 is 12.8 Å². The first-order valence-electron chi connectivity index (χ1n) is 5.43. The van der Waals surface area contributed by atoms with Gasteiger partial charge in [-0.05, 0) is 19.1 Å². The van der Waals surface area contributed by atoms with Crippen molar-refractivity contribution in [2.45, 2.75) is 17.9 Å². The molecule has 0 bridgehead atoms. The van der Waals surface area contributed by atoms with Crippen LogP contribution in [0.5, 0.6) is 0 Å². The van der Waals surface area contributed by atoms with Crippen LogP contribution in [0.4, 0.5) is 10.1 Å². The lowest BCUT2D eigenvalue weighted by molar-refractivity contribution is 0.560. The molecule has 2 aromatic rings. The molecule has 2 rings (SSSR count). The van der Waals surface area contributed by atoms with E-state index < -0.39 is 21.9 Å². The third kappa shape index (κ3) is 2.89. The summed E-state index contributed by atoms with van der Waals surface area (Å²) in [5, 5.41) is 5.91. The van der Waals surface area contributed by atoms with E-state index >= 15 is 0 Å². The van der Waals surface area contributed by atoms with Gasteiger partial charge in [-0.3, -0.25) is 5.10 Å². The zero-order valence-corrected chi connectivity index (χ0v) is 11.8. The molecule has 0 saturated carbocycles. The number of nitrogens with two attached hydrogens (primary N) is 1. The topological polar surface area (TPSA) is 114 Å². The van der Waals surface area contributed by atoms with Crippen molar-refractivity contribution in [2.75, 3.05) is 5.73 Å². The fraction of sp³-hybridized carbons (Fsp3) is 0.200. The number of rotatable bonds is 4. The average Bonchev–Trinajstić information content (AvgIpc) is 2.86. The minimum atomic E-state index is -3.97. The summed E-state index contributed by atoms with van der Waals surface area (Å²) in [6.45, 7) is 1.57. The van der Waals surface area contributed by atoms with Crippen LogP contribution < -0.4 is 10.5 Å². The number of aromatic amines is 1. The van der Waals surface area contributed by atoms with Crippen molar-refractivity contribution in [3.63, 3.8) is 0 Å². The molecule has 0 aliphatic carbocycles. The van der Waals surface area contributed by atoms with Gasteiger partial charge < -0.3 is 5.73 Å². The summed E-state index contributed by atoms with van der Waals surface area (Å²) in [6.07, 6.45) is 1.25. The Kier molecular flexibility index (Phi) is 3.93. The lowest BCUT2D eigenvalue weighted by Gasteiger charge is -2.13. The van der Waals surface area contributed by atoms with E-state index in [1.807, 2.05) is 0 Å². The fourth-order valence-electron chi connectivity index (χ4n) is 1.53. The van der Waals surface area contributed by atoms with Gasteiger partial charge in [0.1, 0.15) is 22.9 Å². The first kappa shape index (κ1) is 14.7. The number of nitrogens with zero attached hydrogens (tertiary/aromatic N) is 2. The normalized spacial score (nSPS) is 13.3. The van der Waals surface area contributed by atoms with Crippen LogP contribution in [0.1, 0.15) is 18.8 Å². The van der Waals surface area contributed by atoms with Gasteiger partial charge >= 0.3 is 0 Å². The lowest BCUT2D eigenvalue weighted by atomic mass is 10.3. The summed E-state index contributed by atoms with van der Waals surface area (Å²) in [4.78, 5) is 3.54. The maximum absolute atomic E-state index is 13.2. The zero-order chi connectivity index (χ0) is 14.9. The highest BCUT2D eigenvalue weighted by molar-refractivity contribution is 7.89. The number of sulfonamides is 1. The van der Waals surface area contributed by atoms with E-state index in [2.05, 4.69) is 19.9 Å². The third-order valence-corrected chi connectivity index (χ3v) is 4.52. The molecule has 10 heteroatoms. The number of benzene rings is 1. The Bertz CT molecular complexity index is 719. The number of nitrogen functional groups attached to an aromatic ring is 1. The fourth-order valence-corrected chi connectivity index (χ4v) is 3.28. The van der Waals surface area contributed by atoms with E-state index in [9.17, 15) is 12.8 Å². The van der Waals surface area contributed by atoms with Crippen LogP contribution in [-0.4, -0.2) is 23.6 Å². The van der Waals surface area contributed by atoms with Crippen molar-refractivity contribution in [1.29, 1.82) is 0 Å². The maximum atomic E-state index is 13.2. The monoisotopic (exact) mass is 319 g/mol. The minimum absolute atomic E-state index is 0.256. The SMILES string of the molecule is CC(NS(=O)(=O)c1cc(N)c(F)cc1Cl)c1ncn[nH]1. The molecule has 7 nitrogen and oxygen atoms in total. The molecule has 0 radical (unpaired) electrons. The molecule has 1 atom stereocenters. The van der Waals surface area contributed by atoms with E-state index in [1.54, 1.807) is 6.92 Å². The van der Waals surface area contributed by atoms with Gasteiger partial charge in [-0.2, -0.15) is 5.10 Å². The second-order valence-corrected chi connectivity index (χ2v) is 6.11. The first-order chi connectivity index (χ1) is 9.31. The van der Waals surface area contributed by atoms with Crippen LogP contribution in [0.25, 0.3) is 0 Å². The summed E-state index contributed by atoms with van der Waals surface area (Å²) in [7, 11) is -3.97. The first-order valence-corrected chi connectivity index (χ1v) is 7.29. The maximum Gasteiger partial charge on any atom is 0.242 e. The Labute approximate surface area is 119 Å². The van der Waals surface area contributed by atoms with E-state index in [4.69, 9.17) is 17.3 Å². The molecular weight excluding hydrogens is 309 g/mol. The molecule has 0 spiro atoms. The van der Waals surface area contributed by atoms with Gasteiger partial charge in [0, 0.05) is 0 Å². The quantitative estimate of drug-likeness (QED) is 0.733. The highest BCUT2D eigenvalue weighted by Gasteiger charge is 2.23. The second-order valence-electron chi connectivity index (χ2n) is 4.02. The van der Waals surface area contributed by atoms with Crippen molar-refractivity contribution in [3.8, 4) is 0 Å². The molecule has 1 heterocycles. The van der Waals surface area contributed by atoms with Gasteiger partial charge in [0.2, 0.25) is 10.0 Å². The molecule has 0 aliphatic heterocycles. The summed E-state index contributed by atoms with van der Waals surface area (Å²) < 4.78 is 39.9. The molecule has 0 fully saturated rings. The molecule has 0 aliphatic rings. The number of anilines is 1. The van der Waals surface area contributed by atoms with Crippen molar-refractivity contribution in [2.24, 2.45) is 0 Å². The number of nitrogens with one attached hydrogen (secondary N) is 2. The second kappa shape index (κ2) is 5.35. The number of aromatic nitrogens is 3. The summed E-state index contributed by atoms with van der Waals surface area (Å²) in [5.41, 5.74) is 5.05. The van der Waals surface area contributed by atoms with E-state index in [0.29, 0.717) is 5.82 Å². The highest BCUT2D eigenvalue weighted by Crippen LogP contribution is 2.27. The molecule has 0 amide bonds. The molecule has 108 valence electrons. The lowest BCUT2D eigenvalue weighted by Crippen LogP contribution is -2.28. The van der Waals surface area contributed by atoms with Crippen LogP contribution >= 0.6 is 11.6 Å². The van der Waals surface area contributed by atoms with Gasteiger partial charge in [0.05, 0.1) is 16.8 Å². The van der Waals surface area contributed by atoms with Gasteiger partial charge in [0.25, 0.3) is 0 Å². The zero-order valence-electron chi connectivity index (χ0n) is 10.3. The smallest absolute Gasteiger partial charge is 0.242 e. The summed E-state index contributed by atoms with van der Waals surface area (Å²) >= 11 is 5.74. The van der Waals surface area contributed by atoms with Gasteiger partial charge in [-0.25, -0.2) is 22.5 Å². The van der Waals surface area contributed by atoms with Crippen LogP contribution in [0.3, 0.4) is 0 Å². The Morgan fingerprint density at radius 1 is 1.50 bits per heavy atom. The van der Waals surface area contributed by atoms with Crippen molar-refractivity contribution in [1.82, 2.24) is 19.9 Å². The summed E-state index contributed by atoms with van der Waals surface area (Å²) in [6, 6.07) is 1.15. The third-order valence-electron chi connectivity index (χ3n) is 2.52. The highest BCUT2D eigenvalue weighted by atomic mass is 35.5. The number of H-pyrrole nitrogens is 1. The Balaban J connectivity index is 2.34. The van der Waals surface area contributed by atoms with Gasteiger partial charge in [0.15, 0.2) is 0 Å². The van der Waals surface area contributed by atoms with Crippen molar-refractivity contribution >= 4 is 27.3 Å². The largest absolute Gasteiger partial charge is 0.396 e. The molecule has 20 heavy (non-hydrogen) atoms. The minimum Gasteiger partial charge on any atom is -0.396 e. The summed E-state index contributed by atoms with van der Waals surface area (Å²) in [5.74, 6) is -0.447. The van der Waals surface area contributed by atoms with Crippen LogP contribution in [0.2, 0.25) is 5.02 Å². The number of hydrogen-bond acceptors (Lipinski definition) is 5. The number of hydrogen-bond donors (Lipinski definition) is 3. The molecule has 1 aromatic heterocycles. The predicted molar refractivity (Wildman–Crippen MR) is 70.9 cm³/mol. The molecule has 0 saturated heterocycles. The predicted octanol–water partition coefficient (Wildman–Crippen LogP) is 1.22.